The quantitative estimate of drug-likeness (QED) is 0.825. The zero-order chi connectivity index (χ0) is 14.7. The molecule has 2 rings (SSSR count). The van der Waals surface area contributed by atoms with Crippen LogP contribution < -0.4 is 0 Å². The number of thioether (sulfide) groups is 1. The minimum Gasteiger partial charge on any atom is -0.481 e. The number of carboxylic acids is 1. The van der Waals surface area contributed by atoms with Crippen molar-refractivity contribution >= 4 is 17.7 Å². The molecule has 0 aliphatic rings. The summed E-state index contributed by atoms with van der Waals surface area (Å²) in [7, 11) is 0. The molecule has 0 atom stereocenters. The maximum Gasteiger partial charge on any atom is 0.313 e. The molecule has 0 saturated heterocycles. The lowest BCUT2D eigenvalue weighted by molar-refractivity contribution is -0.133. The molecule has 2 aromatic rings. The van der Waals surface area contributed by atoms with Gasteiger partial charge in [0, 0.05) is 18.0 Å². The number of aromatic nitrogens is 3. The van der Waals surface area contributed by atoms with Gasteiger partial charge in [-0.25, -0.2) is 4.98 Å². The largest absolute Gasteiger partial charge is 0.481 e. The van der Waals surface area contributed by atoms with Gasteiger partial charge < -0.3 is 14.2 Å². The summed E-state index contributed by atoms with van der Waals surface area (Å²) in [6.45, 7) is 6.52. The summed E-state index contributed by atoms with van der Waals surface area (Å²) < 4.78 is 7.21. The van der Waals surface area contributed by atoms with Gasteiger partial charge in [0.15, 0.2) is 10.9 Å². The van der Waals surface area contributed by atoms with Crippen molar-refractivity contribution in [2.24, 2.45) is 0 Å². The van der Waals surface area contributed by atoms with Crippen molar-refractivity contribution in [2.45, 2.75) is 38.4 Å². The van der Waals surface area contributed by atoms with E-state index in [2.05, 4.69) is 24.0 Å². The van der Waals surface area contributed by atoms with E-state index in [0.717, 1.165) is 17.1 Å². The van der Waals surface area contributed by atoms with Crippen LogP contribution in [0.25, 0.3) is 0 Å². The van der Waals surface area contributed by atoms with Crippen LogP contribution in [0.15, 0.2) is 21.9 Å². The lowest BCUT2D eigenvalue weighted by atomic mass is 10.1. The molecule has 0 aliphatic carbocycles. The predicted octanol–water partition coefficient (Wildman–Crippen LogP) is 2.53. The van der Waals surface area contributed by atoms with E-state index < -0.39 is 5.97 Å². The van der Waals surface area contributed by atoms with Crippen molar-refractivity contribution in [3.63, 3.8) is 0 Å². The number of imidazole rings is 1. The van der Waals surface area contributed by atoms with Crippen LogP contribution in [0, 0.1) is 6.92 Å². The van der Waals surface area contributed by atoms with Gasteiger partial charge in [-0.15, -0.1) is 0 Å². The van der Waals surface area contributed by atoms with Gasteiger partial charge in [0.1, 0.15) is 0 Å². The summed E-state index contributed by atoms with van der Waals surface area (Å²) in [5.74, 6) is 0.167. The van der Waals surface area contributed by atoms with Gasteiger partial charge >= 0.3 is 5.97 Å². The highest BCUT2D eigenvalue weighted by atomic mass is 32.2. The van der Waals surface area contributed by atoms with Crippen molar-refractivity contribution in [1.29, 1.82) is 0 Å². The highest BCUT2D eigenvalue weighted by molar-refractivity contribution is 7.99. The Hall–Kier alpha value is -1.76. The second-order valence-corrected chi connectivity index (χ2v) is 5.77. The number of carbonyl (C=O) groups is 1. The lowest BCUT2D eigenvalue weighted by Crippen LogP contribution is -2.08. The molecular formula is C13H17N3O3S. The van der Waals surface area contributed by atoms with E-state index in [1.165, 1.54) is 11.8 Å². The Morgan fingerprint density at radius 2 is 2.30 bits per heavy atom. The first-order chi connectivity index (χ1) is 9.47. The number of nitrogens with zero attached hydrogens (tertiary/aromatic N) is 3. The van der Waals surface area contributed by atoms with Gasteiger partial charge in [-0.2, -0.15) is 0 Å². The third-order valence-corrected chi connectivity index (χ3v) is 3.73. The van der Waals surface area contributed by atoms with Crippen LogP contribution in [0.4, 0.5) is 0 Å². The van der Waals surface area contributed by atoms with Crippen LogP contribution in [0.2, 0.25) is 0 Å². The SMILES string of the molecule is Cc1cc(Cn2c(C(C)C)cnc2SCC(=O)O)on1. The molecule has 2 heterocycles. The molecule has 108 valence electrons. The van der Waals surface area contributed by atoms with E-state index in [9.17, 15) is 4.79 Å². The maximum absolute atomic E-state index is 10.7. The van der Waals surface area contributed by atoms with Crippen LogP contribution in [-0.4, -0.2) is 31.5 Å². The average Bonchev–Trinajstić information content (AvgIpc) is 2.94. The Morgan fingerprint density at radius 1 is 1.55 bits per heavy atom. The zero-order valence-electron chi connectivity index (χ0n) is 11.7. The van der Waals surface area contributed by atoms with E-state index in [0.29, 0.717) is 17.6 Å². The predicted molar refractivity (Wildman–Crippen MR) is 75.0 cm³/mol. The van der Waals surface area contributed by atoms with Crippen LogP contribution in [-0.2, 0) is 11.3 Å². The summed E-state index contributed by atoms with van der Waals surface area (Å²) in [5, 5.41) is 13.3. The molecule has 0 saturated carbocycles. The van der Waals surface area contributed by atoms with Gasteiger partial charge in [0.2, 0.25) is 0 Å². The number of aryl methyl sites for hydroxylation is 1. The van der Waals surface area contributed by atoms with Crippen molar-refractivity contribution in [2.75, 3.05) is 5.75 Å². The first-order valence-electron chi connectivity index (χ1n) is 6.29. The molecule has 0 radical (unpaired) electrons. The molecule has 0 fully saturated rings. The van der Waals surface area contributed by atoms with E-state index in [1.807, 2.05) is 17.6 Å². The molecule has 0 aromatic carbocycles. The molecule has 6 nitrogen and oxygen atoms in total. The van der Waals surface area contributed by atoms with Gasteiger partial charge in [0.25, 0.3) is 0 Å². The summed E-state index contributed by atoms with van der Waals surface area (Å²) in [6.07, 6.45) is 1.79. The van der Waals surface area contributed by atoms with Crippen LogP contribution in [0.3, 0.4) is 0 Å². The monoisotopic (exact) mass is 295 g/mol. The smallest absolute Gasteiger partial charge is 0.313 e. The molecule has 2 aromatic heterocycles. The van der Waals surface area contributed by atoms with E-state index in [4.69, 9.17) is 9.63 Å². The standard InChI is InChI=1S/C13H17N3O3S/c1-8(2)11-5-14-13(20-7-12(17)18)16(11)6-10-4-9(3)15-19-10/h4-5,8H,6-7H2,1-3H3,(H,17,18). The third-order valence-electron chi connectivity index (χ3n) is 2.76. The molecular weight excluding hydrogens is 278 g/mol. The molecule has 0 bridgehead atoms. The highest BCUT2D eigenvalue weighted by Gasteiger charge is 2.16. The van der Waals surface area contributed by atoms with Gasteiger partial charge in [-0.05, 0) is 12.8 Å². The third kappa shape index (κ3) is 3.41. The van der Waals surface area contributed by atoms with Gasteiger partial charge in [-0.3, -0.25) is 4.79 Å². The van der Waals surface area contributed by atoms with Gasteiger partial charge in [0.05, 0.1) is 18.0 Å². The maximum atomic E-state index is 10.7. The van der Waals surface area contributed by atoms with Crippen molar-refractivity contribution in [3.8, 4) is 0 Å². The van der Waals surface area contributed by atoms with E-state index in [1.54, 1.807) is 6.20 Å². The summed E-state index contributed by atoms with van der Waals surface area (Å²) in [4.78, 5) is 15.0. The minimum atomic E-state index is -0.855. The Balaban J connectivity index is 2.26. The normalized spacial score (nSPS) is 11.2. The lowest BCUT2D eigenvalue weighted by Gasteiger charge is -2.11. The molecule has 7 heteroatoms. The number of hydrogen-bond donors (Lipinski definition) is 1. The summed E-state index contributed by atoms with van der Waals surface area (Å²) >= 11 is 1.21. The molecule has 0 amide bonds. The Kier molecular flexibility index (Phi) is 4.49. The van der Waals surface area contributed by atoms with Crippen LogP contribution in [0.5, 0.6) is 0 Å². The molecule has 1 N–H and O–H groups in total. The van der Waals surface area contributed by atoms with E-state index in [-0.39, 0.29) is 5.75 Å². The minimum absolute atomic E-state index is 0.00994. The van der Waals surface area contributed by atoms with Crippen LogP contribution in [0.1, 0.15) is 36.9 Å². The topological polar surface area (TPSA) is 81.2 Å². The molecule has 0 unspecified atom stereocenters. The molecule has 0 aliphatic heterocycles. The average molecular weight is 295 g/mol. The van der Waals surface area contributed by atoms with E-state index >= 15 is 0 Å². The fraction of sp³-hybridized carbons (Fsp3) is 0.462. The first kappa shape index (κ1) is 14.6. The highest BCUT2D eigenvalue weighted by Crippen LogP contribution is 2.24. The number of carboxylic acid groups (broad SMARTS) is 1. The number of aliphatic carboxylic acids is 1. The van der Waals surface area contributed by atoms with Crippen LogP contribution >= 0.6 is 11.8 Å². The van der Waals surface area contributed by atoms with Crippen molar-refractivity contribution < 1.29 is 14.4 Å². The Labute approximate surface area is 121 Å². The molecule has 20 heavy (non-hydrogen) atoms. The Bertz CT molecular complexity index is 604. The fourth-order valence-corrected chi connectivity index (χ4v) is 2.58. The fourth-order valence-electron chi connectivity index (χ4n) is 1.88. The number of hydrogen-bond acceptors (Lipinski definition) is 5. The van der Waals surface area contributed by atoms with Crippen molar-refractivity contribution in [3.05, 3.63) is 29.4 Å². The first-order valence-corrected chi connectivity index (χ1v) is 7.28. The zero-order valence-corrected chi connectivity index (χ0v) is 12.5. The summed E-state index contributed by atoms with van der Waals surface area (Å²) in [6, 6.07) is 1.87. The number of rotatable bonds is 6. The summed E-state index contributed by atoms with van der Waals surface area (Å²) in [5.41, 5.74) is 1.87. The second-order valence-electron chi connectivity index (χ2n) is 4.82. The second kappa shape index (κ2) is 6.13. The molecule has 0 spiro atoms. The van der Waals surface area contributed by atoms with Crippen molar-refractivity contribution in [1.82, 2.24) is 14.7 Å². The Morgan fingerprint density at radius 3 is 2.85 bits per heavy atom. The van der Waals surface area contributed by atoms with Gasteiger partial charge in [-0.1, -0.05) is 30.8 Å².